The monoisotopic (exact) mass is 658 g/mol. The second kappa shape index (κ2) is 10.5. The van der Waals surface area contributed by atoms with E-state index in [4.69, 9.17) is 13.8 Å². The zero-order valence-electron chi connectivity index (χ0n) is 26.6. The lowest BCUT2D eigenvalue weighted by molar-refractivity contribution is 0.623. The lowest BCUT2D eigenvalue weighted by Gasteiger charge is -2.25. The van der Waals surface area contributed by atoms with Crippen molar-refractivity contribution in [3.63, 3.8) is 0 Å². The van der Waals surface area contributed by atoms with Crippen molar-refractivity contribution >= 4 is 103 Å². The molecule has 0 fully saturated rings. The first-order valence-electron chi connectivity index (χ1n) is 16.7. The van der Waals surface area contributed by atoms with E-state index in [1.165, 1.54) is 30.9 Å². The maximum absolute atomic E-state index is 6.58. The molecule has 0 radical (unpaired) electrons. The number of hydrogen-bond acceptors (Lipinski definition) is 5. The molecular weight excluding hydrogens is 633 g/mol. The SMILES string of the molecule is c1ccc(N(c2ccc3c(c2)oc2cccc(-c4nc5ccc6ccccc6c5o4)c23)c2ccc3c(c2)sc2ccc4ccccc4c23)cc1. The fraction of sp³-hybridized carbons (Fsp3) is 0. The van der Waals surface area contributed by atoms with E-state index in [9.17, 15) is 0 Å². The largest absolute Gasteiger partial charge is 0.456 e. The molecule has 11 aromatic rings. The fourth-order valence-corrected chi connectivity index (χ4v) is 8.76. The van der Waals surface area contributed by atoms with Gasteiger partial charge in [0.05, 0.1) is 0 Å². The van der Waals surface area contributed by atoms with Crippen LogP contribution >= 0.6 is 11.3 Å². The minimum atomic E-state index is 0.587. The summed E-state index contributed by atoms with van der Waals surface area (Å²) in [4.78, 5) is 7.24. The van der Waals surface area contributed by atoms with Gasteiger partial charge in [-0.05, 0) is 76.8 Å². The van der Waals surface area contributed by atoms with Gasteiger partial charge in [-0.25, -0.2) is 4.98 Å². The van der Waals surface area contributed by atoms with E-state index in [1.54, 1.807) is 0 Å². The molecule has 0 unspecified atom stereocenters. The predicted octanol–water partition coefficient (Wildman–Crippen LogP) is 13.5. The lowest BCUT2D eigenvalue weighted by atomic mass is 10.0. The Labute approximate surface area is 290 Å². The van der Waals surface area contributed by atoms with Crippen LogP contribution in [0.1, 0.15) is 0 Å². The maximum atomic E-state index is 6.58. The molecule has 11 rings (SSSR count). The summed E-state index contributed by atoms with van der Waals surface area (Å²) in [6, 6.07) is 55.5. The highest BCUT2D eigenvalue weighted by atomic mass is 32.1. The number of fused-ring (bicyclic) bond motifs is 11. The molecule has 0 saturated heterocycles. The first-order valence-corrected chi connectivity index (χ1v) is 17.5. The van der Waals surface area contributed by atoms with E-state index in [-0.39, 0.29) is 0 Å². The van der Waals surface area contributed by atoms with Gasteiger partial charge in [-0.3, -0.25) is 0 Å². The number of rotatable bonds is 4. The number of aromatic nitrogens is 1. The molecule has 0 amide bonds. The molecule has 5 heteroatoms. The molecule has 0 N–H and O–H groups in total. The predicted molar refractivity (Wildman–Crippen MR) is 209 cm³/mol. The molecule has 0 aliphatic rings. The van der Waals surface area contributed by atoms with Crippen molar-refractivity contribution in [2.24, 2.45) is 0 Å². The highest BCUT2D eigenvalue weighted by molar-refractivity contribution is 7.26. The number of hydrogen-bond donors (Lipinski definition) is 0. The van der Waals surface area contributed by atoms with Gasteiger partial charge in [0, 0.05) is 65.0 Å². The number of oxazole rings is 1. The third kappa shape index (κ3) is 4.08. The molecule has 8 aromatic carbocycles. The molecule has 0 atom stereocenters. The van der Waals surface area contributed by atoms with Crippen molar-refractivity contribution < 1.29 is 8.83 Å². The van der Waals surface area contributed by atoms with Crippen LogP contribution < -0.4 is 4.90 Å². The second-order valence-electron chi connectivity index (χ2n) is 12.7. The van der Waals surface area contributed by atoms with Crippen LogP contribution in [0.3, 0.4) is 0 Å². The Bertz CT molecular complexity index is 3120. The van der Waals surface area contributed by atoms with Gasteiger partial charge in [0.25, 0.3) is 0 Å². The van der Waals surface area contributed by atoms with Crippen LogP contribution in [0.15, 0.2) is 167 Å². The summed E-state index contributed by atoms with van der Waals surface area (Å²) in [6.45, 7) is 0. The molecular formula is C45H26N2O2S. The third-order valence-corrected chi connectivity index (χ3v) is 11.0. The molecule has 0 spiro atoms. The van der Waals surface area contributed by atoms with Crippen LogP contribution in [0.25, 0.3) is 86.2 Å². The van der Waals surface area contributed by atoms with Crippen LogP contribution in [0.5, 0.6) is 0 Å². The van der Waals surface area contributed by atoms with Crippen molar-refractivity contribution in [1.82, 2.24) is 4.98 Å². The van der Waals surface area contributed by atoms with E-state index in [0.717, 1.165) is 66.4 Å². The number of anilines is 3. The van der Waals surface area contributed by atoms with Gasteiger partial charge < -0.3 is 13.7 Å². The Morgan fingerprint density at radius 1 is 0.460 bits per heavy atom. The molecule has 0 bridgehead atoms. The van der Waals surface area contributed by atoms with Crippen LogP contribution in [0.2, 0.25) is 0 Å². The Balaban J connectivity index is 1.07. The normalized spacial score (nSPS) is 12.0. The summed E-state index contributed by atoms with van der Waals surface area (Å²) < 4.78 is 15.6. The smallest absolute Gasteiger partial charge is 0.228 e. The van der Waals surface area contributed by atoms with Gasteiger partial charge in [0.2, 0.25) is 5.89 Å². The number of para-hydroxylation sites is 1. The van der Waals surface area contributed by atoms with Crippen LogP contribution in [0.4, 0.5) is 17.1 Å². The molecule has 50 heavy (non-hydrogen) atoms. The first kappa shape index (κ1) is 27.5. The van der Waals surface area contributed by atoms with E-state index in [0.29, 0.717) is 5.89 Å². The molecule has 4 nitrogen and oxygen atoms in total. The Morgan fingerprint density at radius 3 is 2.08 bits per heavy atom. The van der Waals surface area contributed by atoms with Crippen LogP contribution in [-0.2, 0) is 0 Å². The Kier molecular flexibility index (Phi) is 5.80. The van der Waals surface area contributed by atoms with Gasteiger partial charge >= 0.3 is 0 Å². The van der Waals surface area contributed by atoms with Crippen molar-refractivity contribution in [3.8, 4) is 11.5 Å². The number of furan rings is 1. The molecule has 0 aliphatic heterocycles. The Hall–Kier alpha value is -6.43. The highest BCUT2D eigenvalue weighted by Crippen LogP contribution is 2.45. The van der Waals surface area contributed by atoms with Crippen LogP contribution in [0, 0.1) is 0 Å². The molecule has 0 saturated carbocycles. The quantitative estimate of drug-likeness (QED) is 0.189. The van der Waals surface area contributed by atoms with Crippen molar-refractivity contribution in [3.05, 3.63) is 158 Å². The van der Waals surface area contributed by atoms with E-state index < -0.39 is 0 Å². The standard InChI is InChI=1S/C45H26N2O2S/c1-2-11-29(12-3-1)47(31-20-22-35-41(26-31)50-40-24-18-27-9-4-6-13-32(27)43(35)40)30-19-21-34-39(25-30)48-38-16-8-15-36(42(34)38)45-46-37-23-17-28-10-5-7-14-33(28)44(37)49-45/h1-26H. The number of nitrogens with zero attached hydrogens (tertiary/aromatic N) is 2. The van der Waals surface area contributed by atoms with Crippen molar-refractivity contribution in [2.45, 2.75) is 0 Å². The summed E-state index contributed by atoms with van der Waals surface area (Å²) in [7, 11) is 0. The topological polar surface area (TPSA) is 42.4 Å². The summed E-state index contributed by atoms with van der Waals surface area (Å²) in [5.41, 5.74) is 7.34. The van der Waals surface area contributed by atoms with Crippen LogP contribution in [-0.4, -0.2) is 4.98 Å². The molecule has 3 heterocycles. The van der Waals surface area contributed by atoms with Gasteiger partial charge in [-0.1, -0.05) is 91.0 Å². The van der Waals surface area contributed by atoms with E-state index >= 15 is 0 Å². The maximum Gasteiger partial charge on any atom is 0.228 e. The summed E-state index contributed by atoms with van der Waals surface area (Å²) in [6.07, 6.45) is 0. The average Bonchev–Trinajstić information content (AvgIpc) is 3.88. The fourth-order valence-electron chi connectivity index (χ4n) is 7.60. The van der Waals surface area contributed by atoms with Crippen molar-refractivity contribution in [2.75, 3.05) is 4.90 Å². The lowest BCUT2D eigenvalue weighted by Crippen LogP contribution is -2.09. The van der Waals surface area contributed by atoms with E-state index in [2.05, 4.69) is 132 Å². The van der Waals surface area contributed by atoms with Crippen molar-refractivity contribution in [1.29, 1.82) is 0 Å². The van der Waals surface area contributed by atoms with Gasteiger partial charge in [0.1, 0.15) is 16.7 Å². The molecule has 3 aromatic heterocycles. The van der Waals surface area contributed by atoms with Gasteiger partial charge in [0.15, 0.2) is 5.58 Å². The first-order chi connectivity index (χ1) is 24.8. The summed E-state index contributed by atoms with van der Waals surface area (Å²) in [5.74, 6) is 0.587. The van der Waals surface area contributed by atoms with Gasteiger partial charge in [-0.2, -0.15) is 0 Å². The van der Waals surface area contributed by atoms with Gasteiger partial charge in [-0.15, -0.1) is 11.3 Å². The summed E-state index contributed by atoms with van der Waals surface area (Å²) >= 11 is 1.85. The Morgan fingerprint density at radius 2 is 1.20 bits per heavy atom. The average molecular weight is 659 g/mol. The minimum absolute atomic E-state index is 0.587. The number of benzene rings is 8. The zero-order valence-corrected chi connectivity index (χ0v) is 27.4. The minimum Gasteiger partial charge on any atom is -0.456 e. The highest BCUT2D eigenvalue weighted by Gasteiger charge is 2.20. The molecule has 234 valence electrons. The molecule has 0 aliphatic carbocycles. The zero-order chi connectivity index (χ0) is 32.8. The summed E-state index contributed by atoms with van der Waals surface area (Å²) in [5, 5.41) is 9.37. The van der Waals surface area contributed by atoms with E-state index in [1.807, 2.05) is 41.7 Å². The number of thiophene rings is 1. The third-order valence-electron chi connectivity index (χ3n) is 9.87. The second-order valence-corrected chi connectivity index (χ2v) is 13.8.